The van der Waals surface area contributed by atoms with Gasteiger partial charge in [0, 0.05) is 29.7 Å². The van der Waals surface area contributed by atoms with Crippen molar-refractivity contribution < 1.29 is 4.39 Å². The molecule has 3 nitrogen and oxygen atoms in total. The molecule has 1 aliphatic heterocycles. The van der Waals surface area contributed by atoms with Crippen LogP contribution in [0.2, 0.25) is 0 Å². The zero-order valence-corrected chi connectivity index (χ0v) is 9.67. The zero-order chi connectivity index (χ0) is 10.8. The third-order valence-corrected chi connectivity index (χ3v) is 4.14. The molecule has 5 heteroatoms. The van der Waals surface area contributed by atoms with Crippen molar-refractivity contribution in [1.82, 2.24) is 9.97 Å². The Morgan fingerprint density at radius 3 is 3.00 bits per heavy atom. The fraction of sp³-hybridized carbons (Fsp3) is 0.600. The van der Waals surface area contributed by atoms with Crippen LogP contribution in [0.1, 0.15) is 13.8 Å². The number of anilines is 1. The number of rotatable bonds is 1. The van der Waals surface area contributed by atoms with Crippen LogP contribution in [0.25, 0.3) is 0 Å². The second-order valence-electron chi connectivity index (χ2n) is 3.71. The number of aromatic nitrogens is 2. The summed E-state index contributed by atoms with van der Waals surface area (Å²) in [4.78, 5) is 9.73. The Labute approximate surface area is 93.1 Å². The van der Waals surface area contributed by atoms with Gasteiger partial charge in [0.2, 0.25) is 5.95 Å². The first-order valence-electron chi connectivity index (χ1n) is 5.04. The Kier molecular flexibility index (Phi) is 3.09. The molecule has 0 aromatic carbocycles. The van der Waals surface area contributed by atoms with Crippen molar-refractivity contribution >= 4 is 17.6 Å². The van der Waals surface area contributed by atoms with Crippen LogP contribution < -0.4 is 4.90 Å². The molecule has 2 unspecified atom stereocenters. The summed E-state index contributed by atoms with van der Waals surface area (Å²) in [6, 6.07) is 1.79. The second kappa shape index (κ2) is 4.35. The quantitative estimate of drug-likeness (QED) is 0.686. The van der Waals surface area contributed by atoms with E-state index < -0.39 is 5.95 Å². The van der Waals surface area contributed by atoms with E-state index in [1.54, 1.807) is 0 Å². The molecule has 0 aliphatic carbocycles. The molecule has 0 saturated carbocycles. The molecule has 1 aliphatic rings. The van der Waals surface area contributed by atoms with Crippen LogP contribution >= 0.6 is 11.8 Å². The van der Waals surface area contributed by atoms with Crippen molar-refractivity contribution in [3.63, 3.8) is 0 Å². The highest BCUT2D eigenvalue weighted by atomic mass is 32.2. The average Bonchev–Trinajstić information content (AvgIpc) is 2.22. The summed E-state index contributed by atoms with van der Waals surface area (Å²) in [5.74, 6) is 1.30. The molecular weight excluding hydrogens is 213 g/mol. The summed E-state index contributed by atoms with van der Waals surface area (Å²) in [5.41, 5.74) is 0. The topological polar surface area (TPSA) is 29.0 Å². The van der Waals surface area contributed by atoms with Crippen molar-refractivity contribution in [2.75, 3.05) is 17.2 Å². The molecule has 15 heavy (non-hydrogen) atoms. The normalized spacial score (nSPS) is 26.7. The minimum Gasteiger partial charge on any atom is -0.352 e. The third-order valence-electron chi connectivity index (χ3n) is 2.80. The van der Waals surface area contributed by atoms with Crippen molar-refractivity contribution in [3.8, 4) is 0 Å². The summed E-state index contributed by atoms with van der Waals surface area (Å²) in [6.07, 6.45) is 1.28. The van der Waals surface area contributed by atoms with Gasteiger partial charge in [0.15, 0.2) is 0 Å². The number of hydrogen-bond donors (Lipinski definition) is 0. The minimum absolute atomic E-state index is 0.387. The molecule has 2 rings (SSSR count). The van der Waals surface area contributed by atoms with Crippen molar-refractivity contribution in [3.05, 3.63) is 18.3 Å². The summed E-state index contributed by atoms with van der Waals surface area (Å²) < 4.78 is 13.0. The maximum absolute atomic E-state index is 13.0. The smallest absolute Gasteiger partial charge is 0.218 e. The zero-order valence-electron chi connectivity index (χ0n) is 8.85. The predicted molar refractivity (Wildman–Crippen MR) is 60.7 cm³/mol. The van der Waals surface area contributed by atoms with E-state index in [0.29, 0.717) is 17.1 Å². The lowest BCUT2D eigenvalue weighted by Crippen LogP contribution is -2.45. The van der Waals surface area contributed by atoms with Gasteiger partial charge in [-0.3, -0.25) is 0 Å². The Bertz CT molecular complexity index is 347. The highest BCUT2D eigenvalue weighted by molar-refractivity contribution is 8.00. The average molecular weight is 227 g/mol. The Hall–Kier alpha value is -0.840. The van der Waals surface area contributed by atoms with E-state index in [1.807, 2.05) is 11.8 Å². The van der Waals surface area contributed by atoms with Crippen LogP contribution in [0.5, 0.6) is 0 Å². The molecule has 0 N–H and O–H groups in total. The van der Waals surface area contributed by atoms with Crippen molar-refractivity contribution in [2.24, 2.45) is 0 Å². The van der Waals surface area contributed by atoms with Crippen LogP contribution in [0.15, 0.2) is 12.4 Å². The first-order valence-corrected chi connectivity index (χ1v) is 6.09. The third kappa shape index (κ3) is 2.22. The first kappa shape index (κ1) is 10.7. The molecule has 2 heterocycles. The lowest BCUT2D eigenvalue weighted by Gasteiger charge is -2.38. The summed E-state index contributed by atoms with van der Waals surface area (Å²) in [6.45, 7) is 5.27. The molecule has 0 spiro atoms. The van der Waals surface area contributed by atoms with Gasteiger partial charge >= 0.3 is 0 Å². The lowest BCUT2D eigenvalue weighted by atomic mass is 10.2. The Morgan fingerprint density at radius 1 is 1.47 bits per heavy atom. The van der Waals surface area contributed by atoms with Gasteiger partial charge in [0.25, 0.3) is 0 Å². The van der Waals surface area contributed by atoms with Gasteiger partial charge in [-0.05, 0) is 6.92 Å². The van der Waals surface area contributed by atoms with Crippen LogP contribution in [0.3, 0.4) is 0 Å². The Balaban J connectivity index is 2.22. The highest BCUT2D eigenvalue weighted by Gasteiger charge is 2.26. The molecule has 1 saturated heterocycles. The monoisotopic (exact) mass is 227 g/mol. The van der Waals surface area contributed by atoms with Crippen molar-refractivity contribution in [2.45, 2.75) is 25.1 Å². The van der Waals surface area contributed by atoms with Gasteiger partial charge in [-0.25, -0.2) is 9.97 Å². The molecular formula is C10H14FN3S. The van der Waals surface area contributed by atoms with Gasteiger partial charge in [-0.15, -0.1) is 0 Å². The maximum Gasteiger partial charge on any atom is 0.218 e. The van der Waals surface area contributed by atoms with E-state index in [2.05, 4.69) is 28.7 Å². The number of nitrogens with zero attached hydrogens (tertiary/aromatic N) is 3. The van der Waals surface area contributed by atoms with Gasteiger partial charge in [-0.1, -0.05) is 6.92 Å². The molecule has 82 valence electrons. The van der Waals surface area contributed by atoms with E-state index in [-0.39, 0.29) is 0 Å². The van der Waals surface area contributed by atoms with Gasteiger partial charge in [0.1, 0.15) is 12.1 Å². The number of halogens is 1. The van der Waals surface area contributed by atoms with E-state index in [0.717, 1.165) is 12.3 Å². The maximum atomic E-state index is 13.0. The molecule has 0 amide bonds. The van der Waals surface area contributed by atoms with E-state index in [4.69, 9.17) is 0 Å². The predicted octanol–water partition coefficient (Wildman–Crippen LogP) is 1.95. The van der Waals surface area contributed by atoms with Crippen LogP contribution in [0, 0.1) is 5.95 Å². The summed E-state index contributed by atoms with van der Waals surface area (Å²) in [7, 11) is 0. The largest absolute Gasteiger partial charge is 0.352 e. The first-order chi connectivity index (χ1) is 7.18. The summed E-state index contributed by atoms with van der Waals surface area (Å²) in [5, 5.41) is 0.553. The molecule has 1 fully saturated rings. The van der Waals surface area contributed by atoms with Gasteiger partial charge in [-0.2, -0.15) is 16.2 Å². The van der Waals surface area contributed by atoms with E-state index >= 15 is 0 Å². The fourth-order valence-electron chi connectivity index (χ4n) is 1.74. The number of thioether (sulfide) groups is 1. The van der Waals surface area contributed by atoms with Crippen molar-refractivity contribution in [1.29, 1.82) is 0 Å². The second-order valence-corrected chi connectivity index (χ2v) is 5.19. The van der Waals surface area contributed by atoms with Gasteiger partial charge in [0.05, 0.1) is 0 Å². The molecule has 1 aromatic heterocycles. The van der Waals surface area contributed by atoms with Crippen LogP contribution in [-0.4, -0.2) is 33.6 Å². The standard InChI is InChI=1S/C10H14FN3S/c1-7-8(2)15-4-3-14(7)10-5-9(11)12-6-13-10/h5-8H,3-4H2,1-2H3. The molecule has 2 atom stereocenters. The SMILES string of the molecule is CC1SCCN(c2cc(F)ncn2)C1C. The molecule has 0 bridgehead atoms. The fourth-order valence-corrected chi connectivity index (χ4v) is 2.84. The molecule has 1 aromatic rings. The van der Waals surface area contributed by atoms with E-state index in [1.165, 1.54) is 12.4 Å². The van der Waals surface area contributed by atoms with Crippen LogP contribution in [-0.2, 0) is 0 Å². The molecule has 0 radical (unpaired) electrons. The number of hydrogen-bond acceptors (Lipinski definition) is 4. The van der Waals surface area contributed by atoms with E-state index in [9.17, 15) is 4.39 Å². The minimum atomic E-state index is -0.460. The summed E-state index contributed by atoms with van der Waals surface area (Å²) >= 11 is 1.95. The Morgan fingerprint density at radius 2 is 2.27 bits per heavy atom. The van der Waals surface area contributed by atoms with Crippen LogP contribution in [0.4, 0.5) is 10.2 Å². The highest BCUT2D eigenvalue weighted by Crippen LogP contribution is 2.27. The lowest BCUT2D eigenvalue weighted by molar-refractivity contribution is 0.569. The van der Waals surface area contributed by atoms with Gasteiger partial charge < -0.3 is 4.90 Å².